The van der Waals surface area contributed by atoms with E-state index in [0.29, 0.717) is 18.1 Å². The number of amides is 4. The first kappa shape index (κ1) is 23.0. The van der Waals surface area contributed by atoms with Gasteiger partial charge in [-0.15, -0.1) is 0 Å². The van der Waals surface area contributed by atoms with Crippen molar-refractivity contribution in [2.45, 2.75) is 25.9 Å². The normalized spacial score (nSPS) is 14.9. The van der Waals surface area contributed by atoms with Crippen molar-refractivity contribution in [2.24, 2.45) is 0 Å². The molecule has 0 spiro atoms. The van der Waals surface area contributed by atoms with Crippen molar-refractivity contribution in [1.29, 1.82) is 0 Å². The van der Waals surface area contributed by atoms with Crippen LogP contribution in [-0.2, 0) is 14.3 Å². The zero-order valence-electron chi connectivity index (χ0n) is 18.6. The van der Waals surface area contributed by atoms with E-state index in [2.05, 4.69) is 15.8 Å². The molecular formula is C24H23N3O7. The minimum Gasteiger partial charge on any atom is -0.467 e. The Balaban J connectivity index is 1.46. The van der Waals surface area contributed by atoms with Gasteiger partial charge >= 0.3 is 6.03 Å². The molecule has 0 atom stereocenters. The first-order chi connectivity index (χ1) is 16.4. The van der Waals surface area contributed by atoms with Gasteiger partial charge in [-0.2, -0.15) is 0 Å². The van der Waals surface area contributed by atoms with Gasteiger partial charge in [-0.1, -0.05) is 5.16 Å². The summed E-state index contributed by atoms with van der Waals surface area (Å²) in [6.45, 7) is 4.12. The number of hydrogen-bond acceptors (Lipinski definition) is 8. The van der Waals surface area contributed by atoms with Crippen LogP contribution in [0.1, 0.15) is 19.1 Å². The molecule has 10 nitrogen and oxygen atoms in total. The Morgan fingerprint density at radius 1 is 0.912 bits per heavy atom. The molecule has 1 aliphatic heterocycles. The second-order valence-corrected chi connectivity index (χ2v) is 7.53. The largest absolute Gasteiger partial charge is 0.467 e. The Kier molecular flexibility index (Phi) is 6.60. The molecule has 2 heterocycles. The molecule has 176 valence electrons. The number of rotatable bonds is 9. The quantitative estimate of drug-likeness (QED) is 0.364. The van der Waals surface area contributed by atoms with Gasteiger partial charge in [-0.3, -0.25) is 20.2 Å². The highest BCUT2D eigenvalue weighted by molar-refractivity contribution is 6.21. The van der Waals surface area contributed by atoms with E-state index in [1.807, 2.05) is 25.1 Å². The van der Waals surface area contributed by atoms with Crippen molar-refractivity contribution in [3.63, 3.8) is 0 Å². The summed E-state index contributed by atoms with van der Waals surface area (Å²) >= 11 is 0. The van der Waals surface area contributed by atoms with Crippen LogP contribution in [0.5, 0.6) is 17.2 Å². The van der Waals surface area contributed by atoms with Crippen LogP contribution in [0.3, 0.4) is 0 Å². The number of imide groups is 2. The molecule has 1 aromatic heterocycles. The predicted octanol–water partition coefficient (Wildman–Crippen LogP) is 3.35. The van der Waals surface area contributed by atoms with Gasteiger partial charge in [0, 0.05) is 24.7 Å². The molecule has 1 saturated heterocycles. The van der Waals surface area contributed by atoms with Crippen molar-refractivity contribution in [2.75, 3.05) is 13.2 Å². The number of ether oxygens (including phenoxy) is 3. The maximum atomic E-state index is 12.6. The van der Waals surface area contributed by atoms with E-state index < -0.39 is 23.4 Å². The van der Waals surface area contributed by atoms with Crippen LogP contribution >= 0.6 is 0 Å². The van der Waals surface area contributed by atoms with Crippen LogP contribution in [0.2, 0.25) is 0 Å². The van der Waals surface area contributed by atoms with Crippen LogP contribution in [0.25, 0.3) is 11.3 Å². The molecule has 0 radical (unpaired) electrons. The van der Waals surface area contributed by atoms with Crippen molar-refractivity contribution < 1.29 is 33.1 Å². The van der Waals surface area contributed by atoms with Crippen LogP contribution in [-0.4, -0.2) is 41.8 Å². The third kappa shape index (κ3) is 4.91. The predicted molar refractivity (Wildman–Crippen MR) is 119 cm³/mol. The molecule has 3 aromatic rings. The molecule has 2 aromatic carbocycles. The maximum Gasteiger partial charge on any atom is 0.328 e. The third-order valence-corrected chi connectivity index (χ3v) is 5.12. The van der Waals surface area contributed by atoms with Crippen molar-refractivity contribution in [3.8, 4) is 28.5 Å². The van der Waals surface area contributed by atoms with Gasteiger partial charge in [-0.25, -0.2) is 4.79 Å². The molecule has 1 fully saturated rings. The number of carbonyl (C=O) groups is 3. The minimum atomic E-state index is -1.93. The molecule has 0 unspecified atom stereocenters. The second kappa shape index (κ2) is 9.75. The van der Waals surface area contributed by atoms with Gasteiger partial charge in [0.1, 0.15) is 28.7 Å². The van der Waals surface area contributed by atoms with Gasteiger partial charge in [0.2, 0.25) is 0 Å². The third-order valence-electron chi connectivity index (χ3n) is 5.12. The minimum absolute atomic E-state index is 0.0680. The number of hydrogen-bond donors (Lipinski definition) is 2. The monoisotopic (exact) mass is 465 g/mol. The van der Waals surface area contributed by atoms with Crippen molar-refractivity contribution in [1.82, 2.24) is 15.8 Å². The number of carbonyl (C=O) groups excluding carboxylic acids is 3. The van der Waals surface area contributed by atoms with E-state index in [1.165, 1.54) is 0 Å². The molecule has 2 N–H and O–H groups in total. The number of nitrogens with zero attached hydrogens (tertiary/aromatic N) is 1. The van der Waals surface area contributed by atoms with Crippen LogP contribution < -0.4 is 20.1 Å². The number of urea groups is 1. The zero-order chi connectivity index (χ0) is 24.1. The SMILES string of the molecule is CCOCCC1(Oc2ccc(Oc3ccc(-c4cc(C)on4)cc3)cc2)C(=O)NC(=O)NC1=O. The number of barbiturate groups is 1. The summed E-state index contributed by atoms with van der Waals surface area (Å²) in [4.78, 5) is 36.6. The van der Waals surface area contributed by atoms with E-state index in [-0.39, 0.29) is 18.8 Å². The van der Waals surface area contributed by atoms with Gasteiger partial charge in [0.15, 0.2) is 0 Å². The van der Waals surface area contributed by atoms with Gasteiger partial charge in [0.25, 0.3) is 17.4 Å². The number of benzene rings is 2. The summed E-state index contributed by atoms with van der Waals surface area (Å²) in [5, 5.41) is 8.16. The molecule has 0 bridgehead atoms. The Morgan fingerprint density at radius 2 is 1.50 bits per heavy atom. The molecule has 10 heteroatoms. The summed E-state index contributed by atoms with van der Waals surface area (Å²) in [5.74, 6) is 0.420. The average Bonchev–Trinajstić information content (AvgIpc) is 3.25. The number of aromatic nitrogens is 1. The fraction of sp³-hybridized carbons (Fsp3) is 0.250. The van der Waals surface area contributed by atoms with Crippen LogP contribution in [0.4, 0.5) is 4.79 Å². The van der Waals surface area contributed by atoms with Crippen LogP contribution in [0.15, 0.2) is 59.1 Å². The lowest BCUT2D eigenvalue weighted by atomic mass is 9.95. The number of nitrogens with one attached hydrogen (secondary N) is 2. The van der Waals surface area contributed by atoms with E-state index in [4.69, 9.17) is 18.7 Å². The highest BCUT2D eigenvalue weighted by Crippen LogP contribution is 2.29. The molecular weight excluding hydrogens is 442 g/mol. The lowest BCUT2D eigenvalue weighted by Gasteiger charge is -2.34. The first-order valence-corrected chi connectivity index (χ1v) is 10.6. The number of aryl methyl sites for hydroxylation is 1. The Bertz CT molecular complexity index is 1170. The smallest absolute Gasteiger partial charge is 0.328 e. The fourth-order valence-electron chi connectivity index (χ4n) is 3.38. The molecule has 4 rings (SSSR count). The topological polar surface area (TPSA) is 129 Å². The van der Waals surface area contributed by atoms with Gasteiger partial charge < -0.3 is 18.7 Å². The average molecular weight is 465 g/mol. The second-order valence-electron chi connectivity index (χ2n) is 7.53. The Morgan fingerprint density at radius 3 is 2.06 bits per heavy atom. The van der Waals surface area contributed by atoms with Crippen molar-refractivity contribution in [3.05, 3.63) is 60.4 Å². The summed E-state index contributed by atoms with van der Waals surface area (Å²) < 4.78 is 22.1. The van der Waals surface area contributed by atoms with Gasteiger partial charge in [-0.05, 0) is 62.4 Å². The highest BCUT2D eigenvalue weighted by Gasteiger charge is 2.52. The summed E-state index contributed by atoms with van der Waals surface area (Å²) in [7, 11) is 0. The lowest BCUT2D eigenvalue weighted by Crippen LogP contribution is -2.69. The summed E-state index contributed by atoms with van der Waals surface area (Å²) in [6.07, 6.45) is -0.0680. The van der Waals surface area contributed by atoms with E-state index in [1.54, 1.807) is 43.3 Å². The van der Waals surface area contributed by atoms with Crippen LogP contribution in [0, 0.1) is 6.92 Å². The fourth-order valence-corrected chi connectivity index (χ4v) is 3.38. The summed E-state index contributed by atoms with van der Waals surface area (Å²) in [5.41, 5.74) is -0.296. The lowest BCUT2D eigenvalue weighted by molar-refractivity contribution is -0.153. The zero-order valence-corrected chi connectivity index (χ0v) is 18.6. The molecule has 4 amide bonds. The van der Waals surface area contributed by atoms with Gasteiger partial charge in [0.05, 0.1) is 6.61 Å². The van der Waals surface area contributed by atoms with E-state index >= 15 is 0 Å². The Labute approximate surface area is 195 Å². The van der Waals surface area contributed by atoms with Crippen molar-refractivity contribution >= 4 is 17.8 Å². The highest BCUT2D eigenvalue weighted by atomic mass is 16.5. The standard InChI is InChI=1S/C24H23N3O7/c1-3-31-13-12-24(21(28)25-23(30)26-22(24)29)33-19-10-8-18(9-11-19)32-17-6-4-16(5-7-17)20-14-15(2)34-27-20/h4-11,14H,3,12-13H2,1-2H3,(H2,25,26,28,29,30). The molecule has 1 aliphatic rings. The van der Waals surface area contributed by atoms with E-state index in [0.717, 1.165) is 17.0 Å². The molecule has 34 heavy (non-hydrogen) atoms. The first-order valence-electron chi connectivity index (χ1n) is 10.6. The maximum absolute atomic E-state index is 12.6. The summed E-state index contributed by atoms with van der Waals surface area (Å²) in [6, 6.07) is 14.7. The molecule has 0 saturated carbocycles. The van der Waals surface area contributed by atoms with E-state index in [9.17, 15) is 14.4 Å². The Hall–Kier alpha value is -4.18. The molecule has 0 aliphatic carbocycles.